The van der Waals surface area contributed by atoms with Crippen molar-refractivity contribution >= 4 is 0 Å². The molecule has 0 unspecified atom stereocenters. The highest BCUT2D eigenvalue weighted by molar-refractivity contribution is 5.49. The molecule has 0 bridgehead atoms. The highest BCUT2D eigenvalue weighted by Crippen LogP contribution is 2.43. The Morgan fingerprint density at radius 2 is 1.50 bits per heavy atom. The molecule has 46 heavy (non-hydrogen) atoms. The molecule has 0 aliphatic carbocycles. The lowest BCUT2D eigenvalue weighted by Crippen LogP contribution is -2.43. The van der Waals surface area contributed by atoms with Crippen LogP contribution in [0.5, 0.6) is 11.5 Å². The number of rotatable bonds is 11. The molecule has 2 aliphatic rings. The fourth-order valence-corrected chi connectivity index (χ4v) is 6.13. The van der Waals surface area contributed by atoms with E-state index in [9.17, 15) is 14.7 Å². The van der Waals surface area contributed by atoms with Crippen molar-refractivity contribution in [2.24, 2.45) is 0 Å². The van der Waals surface area contributed by atoms with E-state index in [0.29, 0.717) is 24.5 Å². The van der Waals surface area contributed by atoms with Gasteiger partial charge in [-0.15, -0.1) is 0 Å². The molecule has 2 aliphatic heterocycles. The second-order valence-electron chi connectivity index (χ2n) is 11.3. The molecule has 2 saturated heterocycles. The van der Waals surface area contributed by atoms with Crippen LogP contribution in [0.2, 0.25) is 0 Å². The predicted molar refractivity (Wildman–Crippen MR) is 168 cm³/mol. The molecule has 0 amide bonds. The summed E-state index contributed by atoms with van der Waals surface area (Å²) in [5, 5.41) is 11.7. The van der Waals surface area contributed by atoms with Crippen LogP contribution in [0, 0.1) is 0 Å². The van der Waals surface area contributed by atoms with Gasteiger partial charge in [-0.2, -0.15) is 0 Å². The van der Waals surface area contributed by atoms with Crippen molar-refractivity contribution in [2.75, 3.05) is 27.4 Å². The minimum atomic E-state index is -1.20. The van der Waals surface area contributed by atoms with Crippen LogP contribution in [-0.2, 0) is 24.5 Å². The van der Waals surface area contributed by atoms with Crippen molar-refractivity contribution in [2.45, 2.75) is 55.7 Å². The van der Waals surface area contributed by atoms with Crippen LogP contribution in [0.3, 0.4) is 0 Å². The van der Waals surface area contributed by atoms with Gasteiger partial charge in [0.15, 0.2) is 12.5 Å². The van der Waals surface area contributed by atoms with Crippen molar-refractivity contribution < 1.29 is 33.5 Å². The number of hydrogen-bond donors (Lipinski definition) is 2. The molecule has 0 radical (unpaired) electrons. The molecule has 3 heterocycles. The Morgan fingerprint density at radius 1 is 0.870 bits per heavy atom. The standard InChI is InChI=1S/C35H38N2O9/c1-41-26-15-11-24(12-16-26)35(23-8-4-3-5-9-23,25-13-17-27(42-2)18-14-25)44-22-28-31(39)32(46-30-10-6-7-21-43-30)33(45-28)37-20-19-29(38)36-34(37)40/h3-5,8-9,11-20,28,30-33,39H,6-7,10,21-22H2,1-2H3,(H,36,38,40)/t28-,30-,31+,32+,33-/m1/s1. The SMILES string of the molecule is COc1ccc(C(OC[C@H]2O[C@@H](n3ccc(=O)[nH]c3=O)[C@@H](O[C@@H]3CCCCO3)[C@H]2O)(c2ccccc2)c2ccc(OC)cc2)cc1. The molecule has 0 saturated carbocycles. The van der Waals surface area contributed by atoms with Crippen LogP contribution < -0.4 is 20.7 Å². The van der Waals surface area contributed by atoms with Gasteiger partial charge in [-0.3, -0.25) is 14.3 Å². The number of aliphatic hydroxyl groups excluding tert-OH is 1. The summed E-state index contributed by atoms with van der Waals surface area (Å²) >= 11 is 0. The van der Waals surface area contributed by atoms with Gasteiger partial charge in [0.1, 0.15) is 35.4 Å². The van der Waals surface area contributed by atoms with Crippen molar-refractivity contribution in [3.05, 3.63) is 129 Å². The van der Waals surface area contributed by atoms with Crippen LogP contribution in [0.4, 0.5) is 0 Å². The summed E-state index contributed by atoms with van der Waals surface area (Å²) in [5.41, 5.74) is 0.0926. The van der Waals surface area contributed by atoms with Gasteiger partial charge in [-0.25, -0.2) is 4.79 Å². The summed E-state index contributed by atoms with van der Waals surface area (Å²) in [7, 11) is 3.22. The molecule has 2 N–H and O–H groups in total. The van der Waals surface area contributed by atoms with Crippen LogP contribution >= 0.6 is 0 Å². The first-order valence-electron chi connectivity index (χ1n) is 15.3. The average Bonchev–Trinajstić information content (AvgIpc) is 3.40. The maximum absolute atomic E-state index is 12.9. The van der Waals surface area contributed by atoms with Gasteiger partial charge >= 0.3 is 5.69 Å². The summed E-state index contributed by atoms with van der Waals surface area (Å²) < 4.78 is 37.5. The minimum absolute atomic E-state index is 0.0892. The van der Waals surface area contributed by atoms with Gasteiger partial charge in [0.25, 0.3) is 5.56 Å². The predicted octanol–water partition coefficient (Wildman–Crippen LogP) is 3.73. The smallest absolute Gasteiger partial charge is 0.330 e. The minimum Gasteiger partial charge on any atom is -0.497 e. The number of aromatic nitrogens is 2. The molecule has 1 aromatic heterocycles. The molecule has 11 nitrogen and oxygen atoms in total. The normalized spacial score (nSPS) is 23.2. The maximum Gasteiger partial charge on any atom is 0.330 e. The van der Waals surface area contributed by atoms with Gasteiger partial charge in [0, 0.05) is 18.9 Å². The fourth-order valence-electron chi connectivity index (χ4n) is 6.13. The van der Waals surface area contributed by atoms with E-state index in [1.54, 1.807) is 14.2 Å². The maximum atomic E-state index is 12.9. The molecule has 4 aromatic rings. The first-order valence-corrected chi connectivity index (χ1v) is 15.3. The van der Waals surface area contributed by atoms with Gasteiger partial charge in [-0.1, -0.05) is 54.6 Å². The van der Waals surface area contributed by atoms with Crippen LogP contribution in [-0.4, -0.2) is 66.7 Å². The number of hydrogen-bond acceptors (Lipinski definition) is 9. The summed E-state index contributed by atoms with van der Waals surface area (Å²) in [6, 6.07) is 26.2. The molecule has 5 atom stereocenters. The number of aliphatic hydroxyl groups is 1. The topological polar surface area (TPSA) is 130 Å². The monoisotopic (exact) mass is 630 g/mol. The van der Waals surface area contributed by atoms with Crippen molar-refractivity contribution in [3.8, 4) is 11.5 Å². The zero-order valence-electron chi connectivity index (χ0n) is 25.7. The zero-order valence-corrected chi connectivity index (χ0v) is 25.7. The first kappa shape index (κ1) is 31.7. The van der Waals surface area contributed by atoms with Gasteiger partial charge in [0.05, 0.1) is 20.8 Å². The number of nitrogens with zero attached hydrogens (tertiary/aromatic N) is 1. The molecular formula is C35H38N2O9. The van der Waals surface area contributed by atoms with Gasteiger partial charge in [0.2, 0.25) is 0 Å². The highest BCUT2D eigenvalue weighted by atomic mass is 16.7. The van der Waals surface area contributed by atoms with E-state index >= 15 is 0 Å². The summed E-state index contributed by atoms with van der Waals surface area (Å²) in [5.74, 6) is 1.38. The quantitative estimate of drug-likeness (QED) is 0.238. The average molecular weight is 631 g/mol. The summed E-state index contributed by atoms with van der Waals surface area (Å²) in [4.78, 5) is 27.0. The molecule has 242 valence electrons. The Labute approximate surface area is 266 Å². The lowest BCUT2D eigenvalue weighted by molar-refractivity contribution is -0.215. The Kier molecular flexibility index (Phi) is 9.67. The largest absolute Gasteiger partial charge is 0.497 e. The van der Waals surface area contributed by atoms with E-state index in [2.05, 4.69) is 4.98 Å². The van der Waals surface area contributed by atoms with E-state index in [0.717, 1.165) is 29.5 Å². The first-order chi connectivity index (χ1) is 22.4. The van der Waals surface area contributed by atoms with E-state index in [1.165, 1.54) is 16.8 Å². The van der Waals surface area contributed by atoms with Gasteiger partial charge in [-0.05, 0) is 60.2 Å². The number of H-pyrrole nitrogens is 1. The molecule has 11 heteroatoms. The Balaban J connectivity index is 1.39. The van der Waals surface area contributed by atoms with E-state index < -0.39 is 47.7 Å². The van der Waals surface area contributed by atoms with E-state index in [-0.39, 0.29) is 6.61 Å². The number of ether oxygens (including phenoxy) is 6. The third kappa shape index (κ3) is 6.37. The van der Waals surface area contributed by atoms with Gasteiger partial charge < -0.3 is 33.5 Å². The number of methoxy groups -OCH3 is 2. The number of benzene rings is 3. The fraction of sp³-hybridized carbons (Fsp3) is 0.371. The van der Waals surface area contributed by atoms with Crippen molar-refractivity contribution in [3.63, 3.8) is 0 Å². The van der Waals surface area contributed by atoms with Crippen LogP contribution in [0.15, 0.2) is 101 Å². The summed E-state index contributed by atoms with van der Waals surface area (Å²) in [6.07, 6.45) is -0.910. The molecule has 3 aromatic carbocycles. The second-order valence-corrected chi connectivity index (χ2v) is 11.3. The molecule has 2 fully saturated rings. The molecular weight excluding hydrogens is 592 g/mol. The number of nitrogens with one attached hydrogen (secondary N) is 1. The van der Waals surface area contributed by atoms with Crippen LogP contribution in [0.1, 0.15) is 42.2 Å². The van der Waals surface area contributed by atoms with Crippen LogP contribution in [0.25, 0.3) is 0 Å². The van der Waals surface area contributed by atoms with Crippen molar-refractivity contribution in [1.29, 1.82) is 0 Å². The second kappa shape index (κ2) is 14.0. The number of aromatic amines is 1. The lowest BCUT2D eigenvalue weighted by atomic mass is 9.80. The third-order valence-electron chi connectivity index (χ3n) is 8.52. The molecule has 6 rings (SSSR count). The third-order valence-corrected chi connectivity index (χ3v) is 8.52. The molecule has 0 spiro atoms. The van der Waals surface area contributed by atoms with E-state index in [1.807, 2.05) is 78.9 Å². The lowest BCUT2D eigenvalue weighted by Gasteiger charge is -2.37. The Morgan fingerprint density at radius 3 is 2.07 bits per heavy atom. The summed E-state index contributed by atoms with van der Waals surface area (Å²) in [6.45, 7) is 0.446. The van der Waals surface area contributed by atoms with Crippen molar-refractivity contribution in [1.82, 2.24) is 9.55 Å². The Bertz CT molecular complexity index is 1630. The van der Waals surface area contributed by atoms with E-state index in [4.69, 9.17) is 28.4 Å². The highest BCUT2D eigenvalue weighted by Gasteiger charge is 2.49. The Hall–Kier alpha value is -4.26. The zero-order chi connectivity index (χ0) is 32.1.